The molecule has 0 heterocycles. The van der Waals surface area contributed by atoms with Crippen LogP contribution in [0, 0.1) is 0 Å². The lowest BCUT2D eigenvalue weighted by molar-refractivity contribution is 0.270. The molecule has 4 nitrogen and oxygen atoms in total. The minimum atomic E-state index is -0.692. The van der Waals surface area contributed by atoms with Crippen LogP contribution in [-0.4, -0.2) is 45.5 Å². The summed E-state index contributed by atoms with van der Waals surface area (Å²) in [6, 6.07) is 21.9. The molecular formula is C30H42O4Si2. The predicted octanol–water partition coefficient (Wildman–Crippen LogP) is 3.08. The summed E-state index contributed by atoms with van der Waals surface area (Å²) in [6.07, 6.45) is 3.94. The summed E-state index contributed by atoms with van der Waals surface area (Å²) in [7, 11) is -1.38. The first kappa shape index (κ1) is 27.9. The van der Waals surface area contributed by atoms with Crippen molar-refractivity contribution in [2.24, 2.45) is 0 Å². The van der Waals surface area contributed by atoms with E-state index in [4.69, 9.17) is 18.9 Å². The fraction of sp³-hybridized carbons (Fsp3) is 0.400. The summed E-state index contributed by atoms with van der Waals surface area (Å²) in [4.78, 5) is 0. The third kappa shape index (κ3) is 8.17. The van der Waals surface area contributed by atoms with Gasteiger partial charge in [-0.1, -0.05) is 86.6 Å². The van der Waals surface area contributed by atoms with Crippen LogP contribution < -0.4 is 39.7 Å². The van der Waals surface area contributed by atoms with Crippen molar-refractivity contribution in [3.8, 4) is 23.0 Å². The molecule has 0 radical (unpaired) electrons. The van der Waals surface area contributed by atoms with E-state index in [9.17, 15) is 0 Å². The van der Waals surface area contributed by atoms with Crippen LogP contribution in [0.1, 0.15) is 53.4 Å². The number of rotatable bonds is 16. The van der Waals surface area contributed by atoms with Crippen molar-refractivity contribution in [3.63, 3.8) is 0 Å². The van der Waals surface area contributed by atoms with E-state index >= 15 is 0 Å². The van der Waals surface area contributed by atoms with Gasteiger partial charge in [-0.15, -0.1) is 0 Å². The van der Waals surface area contributed by atoms with Crippen molar-refractivity contribution in [2.75, 3.05) is 26.4 Å². The Balaban J connectivity index is 1.77. The monoisotopic (exact) mass is 522 g/mol. The number of para-hydroxylation sites is 2. The smallest absolute Gasteiger partial charge is 0.161 e. The average Bonchev–Trinajstić information content (AvgIpc) is 2.90. The minimum Gasteiger partial charge on any atom is -0.490 e. The van der Waals surface area contributed by atoms with Crippen molar-refractivity contribution < 1.29 is 18.9 Å². The number of hydrogen-bond acceptors (Lipinski definition) is 4. The molecular weight excluding hydrogens is 480 g/mol. The predicted molar refractivity (Wildman–Crippen MR) is 158 cm³/mol. The maximum Gasteiger partial charge on any atom is 0.161 e. The lowest BCUT2D eigenvalue weighted by Gasteiger charge is -2.17. The maximum absolute atomic E-state index is 6.16. The van der Waals surface area contributed by atoms with Crippen LogP contribution in [0.5, 0.6) is 23.0 Å². The van der Waals surface area contributed by atoms with Crippen LogP contribution in [0.3, 0.4) is 0 Å². The van der Waals surface area contributed by atoms with E-state index in [0.29, 0.717) is 26.4 Å². The van der Waals surface area contributed by atoms with Crippen molar-refractivity contribution >= 4 is 39.8 Å². The first-order valence-electron chi connectivity index (χ1n) is 13.5. The van der Waals surface area contributed by atoms with Gasteiger partial charge in [-0.3, -0.25) is 0 Å². The fourth-order valence-corrected chi connectivity index (χ4v) is 7.21. The molecule has 0 fully saturated rings. The molecule has 0 spiro atoms. The van der Waals surface area contributed by atoms with Crippen molar-refractivity contribution in [1.29, 1.82) is 0 Å². The molecule has 0 unspecified atom stereocenters. The van der Waals surface area contributed by atoms with Crippen LogP contribution >= 0.6 is 0 Å². The molecule has 0 saturated heterocycles. The van der Waals surface area contributed by atoms with Gasteiger partial charge < -0.3 is 18.9 Å². The summed E-state index contributed by atoms with van der Waals surface area (Å²) < 4.78 is 24.3. The van der Waals surface area contributed by atoms with Crippen LogP contribution in [0.25, 0.3) is 0 Å². The van der Waals surface area contributed by atoms with E-state index in [1.165, 1.54) is 20.7 Å². The zero-order chi connectivity index (χ0) is 25.6. The Labute approximate surface area is 222 Å². The van der Waals surface area contributed by atoms with Crippen LogP contribution in [0.4, 0.5) is 0 Å². The molecule has 0 aliphatic heterocycles. The summed E-state index contributed by atoms with van der Waals surface area (Å²) >= 11 is 0. The molecule has 6 heteroatoms. The second-order valence-corrected chi connectivity index (χ2v) is 12.9. The Morgan fingerprint density at radius 2 is 0.833 bits per heavy atom. The largest absolute Gasteiger partial charge is 0.490 e. The van der Waals surface area contributed by atoms with Gasteiger partial charge in [0.25, 0.3) is 0 Å². The fourth-order valence-electron chi connectivity index (χ4n) is 4.00. The van der Waals surface area contributed by atoms with Gasteiger partial charge in [0.2, 0.25) is 0 Å². The maximum atomic E-state index is 6.16. The molecule has 0 saturated carbocycles. The quantitative estimate of drug-likeness (QED) is 0.271. The summed E-state index contributed by atoms with van der Waals surface area (Å²) in [5.74, 6) is 3.65. The highest BCUT2D eigenvalue weighted by molar-refractivity contribution is 6.70. The lowest BCUT2D eigenvalue weighted by atomic mass is 10.3. The lowest BCUT2D eigenvalue weighted by Crippen LogP contribution is -2.33. The average molecular weight is 523 g/mol. The van der Waals surface area contributed by atoms with E-state index in [1.54, 1.807) is 0 Å². The zero-order valence-corrected chi connectivity index (χ0v) is 25.3. The molecule has 36 heavy (non-hydrogen) atoms. The van der Waals surface area contributed by atoms with Gasteiger partial charge in [0, 0.05) is 0 Å². The molecule has 3 aromatic rings. The van der Waals surface area contributed by atoms with Gasteiger partial charge in [-0.2, -0.15) is 0 Å². The minimum absolute atomic E-state index is 0.692. The zero-order valence-electron chi connectivity index (χ0n) is 22.5. The molecule has 0 aliphatic carbocycles. The normalized spacial score (nSPS) is 11.4. The standard InChI is InChI=1S/C30H42O4Si2/c1-5-19-31-25-11-9-13-27(29(25)33-21-7-3)35-23-15-17-24(18-16-23)36-28-14-10-12-26(32-20-6-2)30(28)34-22-8-4/h9-18H,5-8,19-22,35-36H2,1-4H3. The first-order valence-corrected chi connectivity index (χ1v) is 16.4. The summed E-state index contributed by atoms with van der Waals surface area (Å²) in [6.45, 7) is 11.4. The van der Waals surface area contributed by atoms with E-state index in [0.717, 1.165) is 48.7 Å². The molecule has 3 rings (SSSR count). The third-order valence-electron chi connectivity index (χ3n) is 5.76. The van der Waals surface area contributed by atoms with Crippen molar-refractivity contribution in [2.45, 2.75) is 53.4 Å². The Morgan fingerprint density at radius 1 is 0.472 bits per heavy atom. The van der Waals surface area contributed by atoms with Gasteiger partial charge in [0.1, 0.15) is 0 Å². The van der Waals surface area contributed by atoms with Crippen LogP contribution in [-0.2, 0) is 0 Å². The Kier molecular flexibility index (Phi) is 11.9. The molecule has 3 aromatic carbocycles. The van der Waals surface area contributed by atoms with Gasteiger partial charge in [-0.25, -0.2) is 0 Å². The Hall–Kier alpha value is -2.71. The van der Waals surface area contributed by atoms with E-state index in [-0.39, 0.29) is 0 Å². The summed E-state index contributed by atoms with van der Waals surface area (Å²) in [5, 5.41) is 5.42. The van der Waals surface area contributed by atoms with Crippen LogP contribution in [0.2, 0.25) is 0 Å². The van der Waals surface area contributed by atoms with Gasteiger partial charge in [0.15, 0.2) is 23.0 Å². The first-order chi connectivity index (χ1) is 17.7. The highest BCUT2D eigenvalue weighted by atomic mass is 28.2. The third-order valence-corrected chi connectivity index (χ3v) is 9.39. The molecule has 0 N–H and O–H groups in total. The molecule has 0 amide bonds. The topological polar surface area (TPSA) is 36.9 Å². The van der Waals surface area contributed by atoms with E-state index in [2.05, 4.69) is 76.2 Å². The van der Waals surface area contributed by atoms with E-state index in [1.807, 2.05) is 12.1 Å². The van der Waals surface area contributed by atoms with Crippen LogP contribution in [0.15, 0.2) is 60.7 Å². The van der Waals surface area contributed by atoms with Gasteiger partial charge in [0.05, 0.1) is 45.5 Å². The van der Waals surface area contributed by atoms with Gasteiger partial charge in [-0.05, 0) is 48.2 Å². The highest BCUT2D eigenvalue weighted by Crippen LogP contribution is 2.26. The second-order valence-electron chi connectivity index (χ2n) is 9.05. The SMILES string of the molecule is CCCOc1cccc([SiH2]c2ccc([SiH2]c3cccc(OCCC)c3OCCC)cc2)c1OCCC. The van der Waals surface area contributed by atoms with Crippen molar-refractivity contribution in [1.82, 2.24) is 0 Å². The summed E-state index contributed by atoms with van der Waals surface area (Å²) in [5.41, 5.74) is 0. The van der Waals surface area contributed by atoms with E-state index < -0.39 is 19.0 Å². The number of ether oxygens (including phenoxy) is 4. The molecule has 0 bridgehead atoms. The highest BCUT2D eigenvalue weighted by Gasteiger charge is 2.14. The molecule has 0 aromatic heterocycles. The van der Waals surface area contributed by atoms with Gasteiger partial charge >= 0.3 is 0 Å². The Morgan fingerprint density at radius 3 is 1.19 bits per heavy atom. The van der Waals surface area contributed by atoms with Crippen molar-refractivity contribution in [3.05, 3.63) is 60.7 Å². The second kappa shape index (κ2) is 15.4. The molecule has 0 aliphatic rings. The molecule has 0 atom stereocenters. The number of benzene rings is 3. The Bertz CT molecular complexity index is 969. The number of hydrogen-bond donors (Lipinski definition) is 0. The molecule has 194 valence electrons.